The number of benzene rings is 2. The average Bonchev–Trinajstić information content (AvgIpc) is 2.62. The molecule has 0 aliphatic rings. The molecular weight excluding hydrogens is 372 g/mol. The molecular formula is C18H12N2O6S. The number of hydrogen-bond donors (Lipinski definition) is 2. The number of pyridine rings is 2. The van der Waals surface area contributed by atoms with Gasteiger partial charge >= 0.3 is 10.4 Å². The normalized spacial score (nSPS) is 11.6. The molecule has 0 saturated carbocycles. The lowest BCUT2D eigenvalue weighted by molar-refractivity contribution is 0.354. The topological polar surface area (TPSA) is 119 Å². The summed E-state index contributed by atoms with van der Waals surface area (Å²) in [6.07, 6.45) is 0. The molecule has 0 amide bonds. The van der Waals surface area contributed by atoms with Gasteiger partial charge in [-0.3, -0.25) is 0 Å². The van der Waals surface area contributed by atoms with Crippen LogP contribution in [0.2, 0.25) is 0 Å². The van der Waals surface area contributed by atoms with Gasteiger partial charge < -0.3 is 18.6 Å². The molecule has 0 atom stereocenters. The number of hydrogen-bond acceptors (Lipinski definition) is 8. The van der Waals surface area contributed by atoms with Crippen molar-refractivity contribution in [3.05, 3.63) is 60.7 Å². The summed E-state index contributed by atoms with van der Waals surface area (Å²) in [5.74, 6) is -2.05. The fourth-order valence-corrected chi connectivity index (χ4v) is 3.17. The van der Waals surface area contributed by atoms with E-state index in [0.717, 1.165) is 0 Å². The second-order valence-electron chi connectivity index (χ2n) is 5.59. The molecule has 9 heteroatoms. The lowest BCUT2D eigenvalue weighted by atomic mass is 10.2. The van der Waals surface area contributed by atoms with Crippen LogP contribution in [-0.4, -0.2) is 28.6 Å². The molecule has 0 spiro atoms. The van der Waals surface area contributed by atoms with Gasteiger partial charge in [0, 0.05) is 10.8 Å². The standard InChI is InChI=1S/C18H12N2O6S/c21-15-9-11-5-1-3-7-13(11)19-17(15)25-27(23,24)26-18-16(22)10-12-6-2-4-8-14(12)20-18/h1-10,21-22H. The molecule has 27 heavy (non-hydrogen) atoms. The molecule has 0 fully saturated rings. The Morgan fingerprint density at radius 1 is 0.704 bits per heavy atom. The minimum Gasteiger partial charge on any atom is -0.503 e. The number of nitrogens with zero attached hydrogens (tertiary/aromatic N) is 2. The van der Waals surface area contributed by atoms with Gasteiger partial charge in [-0.2, -0.15) is 0 Å². The van der Waals surface area contributed by atoms with E-state index >= 15 is 0 Å². The SMILES string of the molecule is O=S(=O)(Oc1nc2ccccc2cc1O)Oc1nc2ccccc2cc1O. The van der Waals surface area contributed by atoms with Crippen LogP contribution < -0.4 is 8.37 Å². The Labute approximate surface area is 153 Å². The van der Waals surface area contributed by atoms with Crippen LogP contribution in [0.3, 0.4) is 0 Å². The molecule has 0 aliphatic heterocycles. The summed E-state index contributed by atoms with van der Waals surface area (Å²) in [6.45, 7) is 0. The van der Waals surface area contributed by atoms with Crippen molar-refractivity contribution in [3.63, 3.8) is 0 Å². The zero-order chi connectivity index (χ0) is 19.0. The first-order valence-electron chi connectivity index (χ1n) is 7.73. The maximum absolute atomic E-state index is 12.2. The quantitative estimate of drug-likeness (QED) is 0.551. The highest BCUT2D eigenvalue weighted by Gasteiger charge is 2.23. The lowest BCUT2D eigenvalue weighted by Gasteiger charge is -2.10. The van der Waals surface area contributed by atoms with Gasteiger partial charge in [-0.15, -0.1) is 8.42 Å². The van der Waals surface area contributed by atoms with Gasteiger partial charge in [-0.05, 0) is 24.3 Å². The fraction of sp³-hybridized carbons (Fsp3) is 0. The Morgan fingerprint density at radius 3 is 1.56 bits per heavy atom. The minimum absolute atomic E-state index is 0.423. The van der Waals surface area contributed by atoms with Gasteiger partial charge in [0.15, 0.2) is 11.5 Å². The summed E-state index contributed by atoms with van der Waals surface area (Å²) in [5.41, 5.74) is 0.847. The van der Waals surface area contributed by atoms with Crippen molar-refractivity contribution in [2.75, 3.05) is 0 Å². The third kappa shape index (κ3) is 3.40. The monoisotopic (exact) mass is 384 g/mol. The number of para-hydroxylation sites is 2. The average molecular weight is 384 g/mol. The van der Waals surface area contributed by atoms with E-state index in [0.29, 0.717) is 21.8 Å². The zero-order valence-electron chi connectivity index (χ0n) is 13.6. The van der Waals surface area contributed by atoms with Crippen LogP contribution in [-0.2, 0) is 10.4 Å². The molecule has 2 N–H and O–H groups in total. The Morgan fingerprint density at radius 2 is 1.11 bits per heavy atom. The Hall–Kier alpha value is -3.59. The van der Waals surface area contributed by atoms with Gasteiger partial charge in [-0.25, -0.2) is 9.97 Å². The van der Waals surface area contributed by atoms with Crippen LogP contribution in [0.4, 0.5) is 0 Å². The maximum atomic E-state index is 12.2. The van der Waals surface area contributed by atoms with Gasteiger partial charge in [0.25, 0.3) is 11.8 Å². The van der Waals surface area contributed by atoms with Crippen LogP contribution in [0.15, 0.2) is 60.7 Å². The van der Waals surface area contributed by atoms with Crippen molar-refractivity contribution >= 4 is 32.2 Å². The largest absolute Gasteiger partial charge is 0.504 e. The Bertz CT molecular complexity index is 1180. The van der Waals surface area contributed by atoms with E-state index in [-0.39, 0.29) is 0 Å². The van der Waals surface area contributed by atoms with Crippen molar-refractivity contribution in [3.8, 4) is 23.3 Å². The predicted octanol–water partition coefficient (Wildman–Crippen LogP) is 2.90. The third-order valence-electron chi connectivity index (χ3n) is 3.70. The van der Waals surface area contributed by atoms with Crippen LogP contribution >= 0.6 is 0 Å². The predicted molar refractivity (Wildman–Crippen MR) is 97.0 cm³/mol. The summed E-state index contributed by atoms with van der Waals surface area (Å²) in [4.78, 5) is 7.92. The minimum atomic E-state index is -4.71. The van der Waals surface area contributed by atoms with E-state index in [1.165, 1.54) is 12.1 Å². The summed E-state index contributed by atoms with van der Waals surface area (Å²) in [6, 6.07) is 16.2. The first kappa shape index (κ1) is 16.9. The smallest absolute Gasteiger partial charge is 0.503 e. The van der Waals surface area contributed by atoms with Gasteiger partial charge in [0.2, 0.25) is 0 Å². The molecule has 2 aromatic heterocycles. The number of aromatic hydroxyl groups is 2. The van der Waals surface area contributed by atoms with Crippen molar-refractivity contribution in [1.82, 2.24) is 9.97 Å². The van der Waals surface area contributed by atoms with E-state index in [9.17, 15) is 18.6 Å². The second kappa shape index (κ2) is 6.29. The summed E-state index contributed by atoms with van der Waals surface area (Å²) < 4.78 is 33.9. The maximum Gasteiger partial charge on any atom is 0.504 e. The lowest BCUT2D eigenvalue weighted by Crippen LogP contribution is -2.18. The summed E-state index contributed by atoms with van der Waals surface area (Å²) in [7, 11) is -4.71. The molecule has 2 heterocycles. The zero-order valence-corrected chi connectivity index (χ0v) is 14.4. The Balaban J connectivity index is 1.66. The van der Waals surface area contributed by atoms with Crippen LogP contribution in [0, 0.1) is 0 Å². The van der Waals surface area contributed by atoms with Gasteiger partial charge in [0.1, 0.15) is 0 Å². The molecule has 0 radical (unpaired) electrons. The molecule has 8 nitrogen and oxygen atoms in total. The third-order valence-corrected chi connectivity index (χ3v) is 4.43. The van der Waals surface area contributed by atoms with Crippen molar-refractivity contribution in [2.45, 2.75) is 0 Å². The Kier molecular flexibility index (Phi) is 3.93. The molecule has 0 bridgehead atoms. The number of aromatic nitrogens is 2. The van der Waals surface area contributed by atoms with Crippen LogP contribution in [0.5, 0.6) is 23.3 Å². The van der Waals surface area contributed by atoms with Crippen LogP contribution in [0.1, 0.15) is 0 Å². The highest BCUT2D eigenvalue weighted by Crippen LogP contribution is 2.32. The summed E-state index contributed by atoms with van der Waals surface area (Å²) in [5, 5.41) is 21.1. The molecule has 4 aromatic rings. The van der Waals surface area contributed by atoms with Crippen molar-refractivity contribution in [1.29, 1.82) is 0 Å². The first-order valence-corrected chi connectivity index (χ1v) is 9.06. The van der Waals surface area contributed by atoms with Crippen molar-refractivity contribution < 1.29 is 27.0 Å². The molecule has 0 saturated heterocycles. The van der Waals surface area contributed by atoms with E-state index in [1.54, 1.807) is 48.5 Å². The van der Waals surface area contributed by atoms with Gasteiger partial charge in [-0.1, -0.05) is 36.4 Å². The van der Waals surface area contributed by atoms with E-state index in [4.69, 9.17) is 8.37 Å². The fourth-order valence-electron chi connectivity index (χ4n) is 2.51. The summed E-state index contributed by atoms with van der Waals surface area (Å²) >= 11 is 0. The van der Waals surface area contributed by atoms with Crippen molar-refractivity contribution in [2.24, 2.45) is 0 Å². The number of rotatable bonds is 4. The van der Waals surface area contributed by atoms with Gasteiger partial charge in [0.05, 0.1) is 11.0 Å². The first-order chi connectivity index (χ1) is 12.9. The molecule has 4 rings (SSSR count). The molecule has 2 aromatic carbocycles. The number of fused-ring (bicyclic) bond motifs is 2. The highest BCUT2D eigenvalue weighted by atomic mass is 32.3. The second-order valence-corrected chi connectivity index (χ2v) is 6.74. The molecule has 0 aliphatic carbocycles. The molecule has 136 valence electrons. The highest BCUT2D eigenvalue weighted by molar-refractivity contribution is 7.82. The van der Waals surface area contributed by atoms with E-state index in [2.05, 4.69) is 9.97 Å². The van der Waals surface area contributed by atoms with E-state index in [1.807, 2.05) is 0 Å². The van der Waals surface area contributed by atoms with E-state index < -0.39 is 33.7 Å². The van der Waals surface area contributed by atoms with Crippen LogP contribution in [0.25, 0.3) is 21.8 Å². The molecule has 0 unspecified atom stereocenters.